The summed E-state index contributed by atoms with van der Waals surface area (Å²) in [4.78, 5) is 40.2. The van der Waals surface area contributed by atoms with E-state index in [0.717, 1.165) is 30.6 Å². The molecule has 0 aliphatic heterocycles. The van der Waals surface area contributed by atoms with Gasteiger partial charge >= 0.3 is 0 Å². The molecular weight excluding hydrogens is 526 g/mol. The molecule has 1 rings (SSSR count). The molecule has 0 saturated heterocycles. The van der Waals surface area contributed by atoms with Gasteiger partial charge in [0, 0.05) is 35.4 Å². The van der Waals surface area contributed by atoms with E-state index < -0.39 is 10.8 Å². The lowest BCUT2D eigenvalue weighted by molar-refractivity contribution is -0.130. The van der Waals surface area contributed by atoms with Crippen LogP contribution in [-0.2, 0) is 20.8 Å². The van der Waals surface area contributed by atoms with Gasteiger partial charge in [0.1, 0.15) is 12.4 Å². The van der Waals surface area contributed by atoms with Crippen LogP contribution in [0, 0.1) is 10.8 Å². The summed E-state index contributed by atoms with van der Waals surface area (Å²) < 4.78 is 5.97. The highest BCUT2D eigenvalue weighted by Crippen LogP contribution is 2.23. The molecule has 0 aromatic heterocycles. The van der Waals surface area contributed by atoms with Crippen molar-refractivity contribution in [2.75, 3.05) is 19.7 Å². The molecule has 0 heterocycles. The summed E-state index contributed by atoms with van der Waals surface area (Å²) in [5.74, 6) is 1.18. The van der Waals surface area contributed by atoms with Crippen LogP contribution in [0.4, 0.5) is 0 Å². The van der Waals surface area contributed by atoms with Crippen LogP contribution in [0.25, 0.3) is 0 Å². The number of ketones is 2. The number of rotatable bonds is 15. The molecule has 1 aromatic carbocycles. The fraction of sp³-hybridized carbons (Fsp3) is 0.743. The maximum absolute atomic E-state index is 13.1. The van der Waals surface area contributed by atoms with E-state index in [4.69, 9.17) is 4.74 Å². The van der Waals surface area contributed by atoms with E-state index in [0.29, 0.717) is 26.1 Å². The van der Waals surface area contributed by atoms with Crippen molar-refractivity contribution in [1.82, 2.24) is 15.5 Å². The van der Waals surface area contributed by atoms with Crippen molar-refractivity contribution in [2.24, 2.45) is 10.8 Å². The Bertz CT molecular complexity index is 1010. The van der Waals surface area contributed by atoms with Crippen LogP contribution in [0.1, 0.15) is 115 Å². The Balaban J connectivity index is 2.67. The molecule has 7 nitrogen and oxygen atoms in total. The third-order valence-corrected chi connectivity index (χ3v) is 6.94. The topological polar surface area (TPSA) is 87.7 Å². The first kappa shape index (κ1) is 37.8. The standard InChI is InChI=1S/C35H61N3O4/c1-25(39)38(21-15-14-16-28(36-34(8,9)10)30(40)32(2,3)4)22-23-42-27-19-17-26(18-20-27)24-29(37-35(11,12)13)31(41)33(5,6)7/h17-20,28-29,36-37H,14-16,21-24H2,1-13H3. The van der Waals surface area contributed by atoms with Gasteiger partial charge in [-0.1, -0.05) is 53.7 Å². The highest BCUT2D eigenvalue weighted by atomic mass is 16.5. The molecule has 0 spiro atoms. The molecular formula is C35H61N3O4. The lowest BCUT2D eigenvalue weighted by Crippen LogP contribution is -2.51. The van der Waals surface area contributed by atoms with Crippen molar-refractivity contribution < 1.29 is 19.1 Å². The Morgan fingerprint density at radius 2 is 1.19 bits per heavy atom. The first-order valence-corrected chi connectivity index (χ1v) is 15.6. The maximum atomic E-state index is 13.1. The van der Waals surface area contributed by atoms with Gasteiger partial charge in [0.2, 0.25) is 5.91 Å². The number of amides is 1. The zero-order valence-electron chi connectivity index (χ0n) is 29.0. The second-order valence-electron chi connectivity index (χ2n) is 15.8. The fourth-order valence-corrected chi connectivity index (χ4v) is 4.88. The molecule has 1 aromatic rings. The van der Waals surface area contributed by atoms with Gasteiger partial charge < -0.3 is 20.3 Å². The highest BCUT2D eigenvalue weighted by molar-refractivity contribution is 5.89. The number of ether oxygens (including phenoxy) is 1. The number of benzene rings is 1. The van der Waals surface area contributed by atoms with Gasteiger partial charge in [-0.3, -0.25) is 14.4 Å². The van der Waals surface area contributed by atoms with E-state index >= 15 is 0 Å². The third-order valence-electron chi connectivity index (χ3n) is 6.94. The van der Waals surface area contributed by atoms with Gasteiger partial charge in [0.15, 0.2) is 11.6 Å². The van der Waals surface area contributed by atoms with Crippen LogP contribution in [0.15, 0.2) is 24.3 Å². The number of hydrogen-bond donors (Lipinski definition) is 2. The Hall–Kier alpha value is -2.25. The summed E-state index contributed by atoms with van der Waals surface area (Å²) in [6.07, 6.45) is 3.03. The number of nitrogens with one attached hydrogen (secondary N) is 2. The highest BCUT2D eigenvalue weighted by Gasteiger charge is 2.33. The van der Waals surface area contributed by atoms with E-state index in [2.05, 4.69) is 52.2 Å². The van der Waals surface area contributed by atoms with E-state index in [-0.39, 0.29) is 40.6 Å². The molecule has 7 heteroatoms. The average Bonchev–Trinajstić information content (AvgIpc) is 2.81. The summed E-state index contributed by atoms with van der Waals surface area (Å²) in [6.45, 7) is 27.4. The quantitative estimate of drug-likeness (QED) is 0.232. The van der Waals surface area contributed by atoms with Crippen molar-refractivity contribution in [2.45, 2.75) is 139 Å². The molecule has 0 fully saturated rings. The summed E-state index contributed by atoms with van der Waals surface area (Å²) in [7, 11) is 0. The van der Waals surface area contributed by atoms with Gasteiger partial charge in [0.25, 0.3) is 0 Å². The van der Waals surface area contributed by atoms with Crippen LogP contribution in [0.3, 0.4) is 0 Å². The predicted molar refractivity (Wildman–Crippen MR) is 174 cm³/mol. The Morgan fingerprint density at radius 1 is 0.714 bits per heavy atom. The minimum Gasteiger partial charge on any atom is -0.492 e. The number of nitrogens with zero attached hydrogens (tertiary/aromatic N) is 1. The third kappa shape index (κ3) is 14.8. The van der Waals surface area contributed by atoms with E-state index in [1.807, 2.05) is 70.7 Å². The average molecular weight is 588 g/mol. The second-order valence-corrected chi connectivity index (χ2v) is 15.8. The van der Waals surface area contributed by atoms with Crippen molar-refractivity contribution in [3.05, 3.63) is 29.8 Å². The Kier molecular flexibility index (Phi) is 13.9. The van der Waals surface area contributed by atoms with Crippen molar-refractivity contribution in [1.29, 1.82) is 0 Å². The van der Waals surface area contributed by atoms with Crippen LogP contribution in [-0.4, -0.2) is 65.2 Å². The summed E-state index contributed by atoms with van der Waals surface area (Å²) in [6, 6.07) is 7.40. The van der Waals surface area contributed by atoms with E-state index in [1.165, 1.54) is 0 Å². The van der Waals surface area contributed by atoms with Crippen molar-refractivity contribution in [3.63, 3.8) is 0 Å². The molecule has 240 valence electrons. The number of carbonyl (C=O) groups is 3. The molecule has 42 heavy (non-hydrogen) atoms. The van der Waals surface area contributed by atoms with E-state index in [1.54, 1.807) is 6.92 Å². The smallest absolute Gasteiger partial charge is 0.219 e. The molecule has 0 aliphatic carbocycles. The monoisotopic (exact) mass is 587 g/mol. The normalized spacial score (nSPS) is 14.3. The minimum atomic E-state index is -0.427. The molecule has 2 atom stereocenters. The lowest BCUT2D eigenvalue weighted by Gasteiger charge is -2.32. The number of Topliss-reactive ketones (excluding diaryl/α,β-unsaturated/α-hetero) is 2. The summed E-state index contributed by atoms with van der Waals surface area (Å²) in [5, 5.41) is 6.98. The largest absolute Gasteiger partial charge is 0.492 e. The number of carbonyl (C=O) groups excluding carboxylic acids is 3. The van der Waals surface area contributed by atoms with Crippen LogP contribution >= 0.6 is 0 Å². The van der Waals surface area contributed by atoms with Crippen LogP contribution < -0.4 is 15.4 Å². The molecule has 0 aliphatic rings. The van der Waals surface area contributed by atoms with Crippen LogP contribution in [0.2, 0.25) is 0 Å². The molecule has 1 amide bonds. The Labute approximate surface area is 256 Å². The minimum absolute atomic E-state index is 0.0185. The van der Waals surface area contributed by atoms with Crippen molar-refractivity contribution in [3.8, 4) is 5.75 Å². The van der Waals surface area contributed by atoms with Gasteiger partial charge in [-0.15, -0.1) is 0 Å². The summed E-state index contributed by atoms with van der Waals surface area (Å²) >= 11 is 0. The van der Waals surface area contributed by atoms with Gasteiger partial charge in [0.05, 0.1) is 18.6 Å². The van der Waals surface area contributed by atoms with Gasteiger partial charge in [-0.2, -0.15) is 0 Å². The molecule has 0 radical (unpaired) electrons. The molecule has 2 unspecified atom stereocenters. The number of hydrogen-bond acceptors (Lipinski definition) is 6. The maximum Gasteiger partial charge on any atom is 0.219 e. The molecule has 2 N–H and O–H groups in total. The van der Waals surface area contributed by atoms with E-state index in [9.17, 15) is 14.4 Å². The zero-order valence-corrected chi connectivity index (χ0v) is 29.0. The van der Waals surface area contributed by atoms with Crippen molar-refractivity contribution >= 4 is 17.5 Å². The Morgan fingerprint density at radius 3 is 1.64 bits per heavy atom. The SMILES string of the molecule is CC(=O)N(CCCCC(NC(C)(C)C)C(=O)C(C)(C)C)CCOc1ccc(CC(NC(C)(C)C)C(=O)C(C)(C)C)cc1. The predicted octanol–water partition coefficient (Wildman–Crippen LogP) is 6.37. The van der Waals surface area contributed by atoms with Gasteiger partial charge in [-0.25, -0.2) is 0 Å². The molecule has 0 saturated carbocycles. The second kappa shape index (κ2) is 15.5. The number of unbranched alkanes of at least 4 members (excludes halogenated alkanes) is 1. The first-order chi connectivity index (χ1) is 19.0. The van der Waals surface area contributed by atoms with Crippen LogP contribution in [0.5, 0.6) is 5.75 Å². The first-order valence-electron chi connectivity index (χ1n) is 15.6. The molecule has 0 bridgehead atoms. The van der Waals surface area contributed by atoms with Gasteiger partial charge in [-0.05, 0) is 84.9 Å². The zero-order chi connectivity index (χ0) is 32.5. The lowest BCUT2D eigenvalue weighted by atomic mass is 9.83. The fourth-order valence-electron chi connectivity index (χ4n) is 4.88. The summed E-state index contributed by atoms with van der Waals surface area (Å²) in [5.41, 5.74) is -0.0911.